The Morgan fingerprint density at radius 1 is 1.53 bits per heavy atom. The van der Waals surface area contributed by atoms with E-state index in [4.69, 9.17) is 5.11 Å². The SMILES string of the molecule is CCn1cc(Br)cc1C(=O)NC1C=CC(C(=O)O)C1. The minimum absolute atomic E-state index is 0.187. The Labute approximate surface area is 119 Å². The molecule has 2 atom stereocenters. The summed E-state index contributed by atoms with van der Waals surface area (Å²) >= 11 is 3.34. The van der Waals surface area contributed by atoms with Crippen LogP contribution in [0.1, 0.15) is 23.8 Å². The average Bonchev–Trinajstić information content (AvgIpc) is 2.95. The predicted molar refractivity (Wildman–Crippen MR) is 73.9 cm³/mol. The summed E-state index contributed by atoms with van der Waals surface area (Å²) in [5.41, 5.74) is 0.571. The molecule has 6 heteroatoms. The van der Waals surface area contributed by atoms with Gasteiger partial charge in [0, 0.05) is 23.3 Å². The van der Waals surface area contributed by atoms with Gasteiger partial charge in [0.25, 0.3) is 5.91 Å². The topological polar surface area (TPSA) is 71.3 Å². The maximum absolute atomic E-state index is 12.1. The minimum atomic E-state index is -0.854. The lowest BCUT2D eigenvalue weighted by Crippen LogP contribution is -2.34. The van der Waals surface area contributed by atoms with Gasteiger partial charge in [0.2, 0.25) is 0 Å². The summed E-state index contributed by atoms with van der Waals surface area (Å²) in [4.78, 5) is 23.0. The van der Waals surface area contributed by atoms with E-state index in [0.29, 0.717) is 18.7 Å². The number of aromatic nitrogens is 1. The van der Waals surface area contributed by atoms with Gasteiger partial charge in [0.05, 0.1) is 5.92 Å². The van der Waals surface area contributed by atoms with Gasteiger partial charge in [-0.3, -0.25) is 9.59 Å². The fourth-order valence-corrected chi connectivity index (χ4v) is 2.62. The van der Waals surface area contributed by atoms with E-state index in [1.165, 1.54) is 0 Å². The van der Waals surface area contributed by atoms with Crippen molar-refractivity contribution in [3.63, 3.8) is 0 Å². The highest BCUT2D eigenvalue weighted by atomic mass is 79.9. The Balaban J connectivity index is 2.02. The van der Waals surface area contributed by atoms with E-state index in [1.54, 1.807) is 18.2 Å². The molecule has 1 aliphatic carbocycles. The summed E-state index contributed by atoms with van der Waals surface area (Å²) in [6.45, 7) is 2.66. The van der Waals surface area contributed by atoms with E-state index in [2.05, 4.69) is 21.2 Å². The van der Waals surface area contributed by atoms with Crippen molar-refractivity contribution >= 4 is 27.8 Å². The second-order valence-corrected chi connectivity index (χ2v) is 5.39. The van der Waals surface area contributed by atoms with Crippen LogP contribution in [0.3, 0.4) is 0 Å². The van der Waals surface area contributed by atoms with E-state index >= 15 is 0 Å². The van der Waals surface area contributed by atoms with E-state index in [1.807, 2.05) is 17.7 Å². The third kappa shape index (κ3) is 3.07. The molecule has 102 valence electrons. The molecule has 19 heavy (non-hydrogen) atoms. The van der Waals surface area contributed by atoms with Crippen LogP contribution < -0.4 is 5.32 Å². The molecule has 0 aliphatic heterocycles. The van der Waals surface area contributed by atoms with Crippen LogP contribution in [0.25, 0.3) is 0 Å². The predicted octanol–water partition coefficient (Wildman–Crippen LogP) is 2.03. The number of carbonyl (C=O) groups is 2. The highest BCUT2D eigenvalue weighted by Gasteiger charge is 2.26. The number of aryl methyl sites for hydroxylation is 1. The molecule has 2 unspecified atom stereocenters. The van der Waals surface area contributed by atoms with Crippen molar-refractivity contribution in [3.05, 3.63) is 34.6 Å². The van der Waals surface area contributed by atoms with Gasteiger partial charge in [0.15, 0.2) is 0 Å². The summed E-state index contributed by atoms with van der Waals surface area (Å²) in [5.74, 6) is -1.55. The number of carboxylic acid groups (broad SMARTS) is 1. The number of hydrogen-bond donors (Lipinski definition) is 2. The van der Waals surface area contributed by atoms with Crippen molar-refractivity contribution in [3.8, 4) is 0 Å². The molecule has 0 saturated carbocycles. The quantitative estimate of drug-likeness (QED) is 0.831. The normalized spacial score (nSPS) is 21.6. The van der Waals surface area contributed by atoms with E-state index in [-0.39, 0.29) is 11.9 Å². The molecule has 0 bridgehead atoms. The zero-order valence-corrected chi connectivity index (χ0v) is 12.1. The van der Waals surface area contributed by atoms with Crippen molar-refractivity contribution in [1.29, 1.82) is 0 Å². The van der Waals surface area contributed by atoms with E-state index in [9.17, 15) is 9.59 Å². The van der Waals surface area contributed by atoms with Gasteiger partial charge >= 0.3 is 5.97 Å². The Morgan fingerprint density at radius 3 is 2.84 bits per heavy atom. The van der Waals surface area contributed by atoms with Crippen molar-refractivity contribution in [2.24, 2.45) is 5.92 Å². The Bertz CT molecular complexity index is 536. The molecule has 0 fully saturated rings. The maximum Gasteiger partial charge on any atom is 0.310 e. The first-order chi connectivity index (χ1) is 9.01. The molecule has 2 N–H and O–H groups in total. The lowest BCUT2D eigenvalue weighted by atomic mass is 10.1. The number of hydrogen-bond acceptors (Lipinski definition) is 2. The monoisotopic (exact) mass is 326 g/mol. The maximum atomic E-state index is 12.1. The highest BCUT2D eigenvalue weighted by molar-refractivity contribution is 9.10. The number of aliphatic carboxylic acids is 1. The highest BCUT2D eigenvalue weighted by Crippen LogP contribution is 2.19. The molecular weight excluding hydrogens is 312 g/mol. The second kappa shape index (κ2) is 5.61. The van der Waals surface area contributed by atoms with Gasteiger partial charge in [-0.2, -0.15) is 0 Å². The second-order valence-electron chi connectivity index (χ2n) is 4.47. The molecule has 0 radical (unpaired) electrons. The van der Waals surface area contributed by atoms with Crippen LogP contribution in [0.2, 0.25) is 0 Å². The third-order valence-electron chi connectivity index (χ3n) is 3.15. The average molecular weight is 327 g/mol. The Morgan fingerprint density at radius 2 is 2.26 bits per heavy atom. The van der Waals surface area contributed by atoms with Crippen molar-refractivity contribution in [2.75, 3.05) is 0 Å². The van der Waals surface area contributed by atoms with Gasteiger partial charge in [-0.1, -0.05) is 12.2 Å². The number of nitrogens with zero attached hydrogens (tertiary/aromatic N) is 1. The lowest BCUT2D eigenvalue weighted by molar-refractivity contribution is -0.140. The zero-order valence-electron chi connectivity index (χ0n) is 10.5. The fraction of sp³-hybridized carbons (Fsp3) is 0.385. The Hall–Kier alpha value is -1.56. The Kier molecular flexibility index (Phi) is 4.09. The van der Waals surface area contributed by atoms with Crippen molar-refractivity contribution in [2.45, 2.75) is 25.9 Å². The molecular formula is C13H15BrN2O3. The van der Waals surface area contributed by atoms with Crippen LogP contribution in [0.15, 0.2) is 28.9 Å². The largest absolute Gasteiger partial charge is 0.481 e. The molecule has 0 spiro atoms. The van der Waals surface area contributed by atoms with Crippen LogP contribution in [0.4, 0.5) is 0 Å². The van der Waals surface area contributed by atoms with E-state index < -0.39 is 11.9 Å². The summed E-state index contributed by atoms with van der Waals surface area (Å²) < 4.78 is 2.69. The lowest BCUT2D eigenvalue weighted by Gasteiger charge is -2.13. The number of halogens is 1. The number of nitrogens with one attached hydrogen (secondary N) is 1. The smallest absolute Gasteiger partial charge is 0.310 e. The first kappa shape index (κ1) is 13.9. The number of carbonyl (C=O) groups excluding carboxylic acids is 1. The van der Waals surface area contributed by atoms with Crippen molar-refractivity contribution < 1.29 is 14.7 Å². The number of amides is 1. The van der Waals surface area contributed by atoms with Crippen LogP contribution in [-0.2, 0) is 11.3 Å². The summed E-state index contributed by atoms with van der Waals surface area (Å²) in [5, 5.41) is 11.7. The number of carboxylic acids is 1. The van der Waals surface area contributed by atoms with Gasteiger partial charge in [-0.25, -0.2) is 0 Å². The van der Waals surface area contributed by atoms with Gasteiger partial charge in [-0.15, -0.1) is 0 Å². The molecule has 1 aromatic rings. The fourth-order valence-electron chi connectivity index (χ4n) is 2.16. The van der Waals surface area contributed by atoms with Crippen LogP contribution in [-0.4, -0.2) is 27.6 Å². The molecule has 2 rings (SSSR count). The molecule has 0 aromatic carbocycles. The minimum Gasteiger partial charge on any atom is -0.481 e. The van der Waals surface area contributed by atoms with Gasteiger partial charge in [0.1, 0.15) is 5.69 Å². The van der Waals surface area contributed by atoms with E-state index in [0.717, 1.165) is 4.47 Å². The van der Waals surface area contributed by atoms with Crippen LogP contribution >= 0.6 is 15.9 Å². The standard InChI is InChI=1S/C13H15BrN2O3/c1-2-16-7-9(14)6-11(16)12(17)15-10-4-3-8(5-10)13(18)19/h3-4,6-8,10H,2,5H2,1H3,(H,15,17)(H,18,19). The summed E-state index contributed by atoms with van der Waals surface area (Å²) in [6.07, 6.45) is 5.63. The molecule has 1 aromatic heterocycles. The molecule has 1 heterocycles. The summed E-state index contributed by atoms with van der Waals surface area (Å²) in [6, 6.07) is 1.54. The molecule has 5 nitrogen and oxygen atoms in total. The third-order valence-corrected chi connectivity index (χ3v) is 3.59. The first-order valence-corrected chi connectivity index (χ1v) is 6.88. The van der Waals surface area contributed by atoms with Crippen LogP contribution in [0.5, 0.6) is 0 Å². The number of rotatable bonds is 4. The van der Waals surface area contributed by atoms with Crippen LogP contribution in [0, 0.1) is 5.92 Å². The molecule has 1 aliphatic rings. The first-order valence-electron chi connectivity index (χ1n) is 6.09. The van der Waals surface area contributed by atoms with Gasteiger partial charge < -0.3 is 15.0 Å². The zero-order chi connectivity index (χ0) is 14.0. The molecule has 1 amide bonds. The summed E-state index contributed by atoms with van der Waals surface area (Å²) in [7, 11) is 0. The van der Waals surface area contributed by atoms with Gasteiger partial charge in [-0.05, 0) is 35.3 Å². The molecule has 0 saturated heterocycles. The van der Waals surface area contributed by atoms with Crippen molar-refractivity contribution in [1.82, 2.24) is 9.88 Å².